The van der Waals surface area contributed by atoms with Crippen LogP contribution in [-0.4, -0.2) is 30.1 Å². The molecule has 3 aromatic carbocycles. The maximum atomic E-state index is 12.0. The third kappa shape index (κ3) is 7.02. The number of nitrogens with one attached hydrogen (secondary N) is 2. The second-order valence-corrected chi connectivity index (χ2v) is 7.67. The highest BCUT2D eigenvalue weighted by atomic mass is 35.5. The van der Waals surface area contributed by atoms with Crippen molar-refractivity contribution in [3.8, 4) is 11.5 Å². The van der Waals surface area contributed by atoms with E-state index in [-0.39, 0.29) is 12.3 Å². The summed E-state index contributed by atoms with van der Waals surface area (Å²) in [6.07, 6.45) is 1.36. The van der Waals surface area contributed by atoms with Crippen molar-refractivity contribution in [2.45, 2.75) is 13.5 Å². The van der Waals surface area contributed by atoms with Gasteiger partial charge in [0, 0.05) is 27.9 Å². The van der Waals surface area contributed by atoms with Gasteiger partial charge in [0.2, 0.25) is 0 Å². The van der Waals surface area contributed by atoms with Crippen LogP contribution >= 0.6 is 11.6 Å². The van der Waals surface area contributed by atoms with E-state index < -0.39 is 16.7 Å². The van der Waals surface area contributed by atoms with Crippen molar-refractivity contribution >= 4 is 41.0 Å². The molecule has 2 N–H and O–H groups in total. The number of amides is 2. The van der Waals surface area contributed by atoms with Crippen molar-refractivity contribution in [2.24, 2.45) is 5.10 Å². The molecule has 0 atom stereocenters. The molecule has 3 aromatic rings. The molecule has 0 saturated carbocycles. The molecule has 10 nitrogen and oxygen atoms in total. The first-order chi connectivity index (χ1) is 16.8. The molecule has 0 aliphatic heterocycles. The van der Waals surface area contributed by atoms with Crippen molar-refractivity contribution in [1.29, 1.82) is 0 Å². The van der Waals surface area contributed by atoms with E-state index in [9.17, 15) is 19.7 Å². The maximum absolute atomic E-state index is 12.0. The van der Waals surface area contributed by atoms with E-state index in [0.717, 1.165) is 0 Å². The third-order valence-corrected chi connectivity index (χ3v) is 4.97. The number of nitro benzene ring substituents is 1. The second-order valence-electron chi connectivity index (χ2n) is 7.23. The highest BCUT2D eigenvalue weighted by Crippen LogP contribution is 2.26. The quantitative estimate of drug-likeness (QED) is 0.207. The molecule has 0 bridgehead atoms. The van der Waals surface area contributed by atoms with Gasteiger partial charge in [0.1, 0.15) is 18.1 Å². The Labute approximate surface area is 205 Å². The minimum atomic E-state index is -0.952. The number of rotatable bonds is 8. The van der Waals surface area contributed by atoms with Crippen molar-refractivity contribution < 1.29 is 24.0 Å². The van der Waals surface area contributed by atoms with E-state index in [4.69, 9.17) is 21.1 Å². The molecule has 0 saturated heterocycles. The van der Waals surface area contributed by atoms with E-state index >= 15 is 0 Å². The molecule has 11 heteroatoms. The Balaban J connectivity index is 1.62. The number of ether oxygens (including phenoxy) is 2. The predicted molar refractivity (Wildman–Crippen MR) is 131 cm³/mol. The summed E-state index contributed by atoms with van der Waals surface area (Å²) in [6, 6.07) is 16.0. The van der Waals surface area contributed by atoms with Crippen LogP contribution in [0.1, 0.15) is 16.7 Å². The molecule has 2 amide bonds. The average Bonchev–Trinajstić information content (AvgIpc) is 2.82. The van der Waals surface area contributed by atoms with Crippen LogP contribution in [0.25, 0.3) is 0 Å². The molecular weight excluding hydrogens is 476 g/mol. The highest BCUT2D eigenvalue weighted by molar-refractivity contribution is 6.39. The number of hydrogen-bond acceptors (Lipinski definition) is 7. The van der Waals surface area contributed by atoms with Gasteiger partial charge >= 0.3 is 11.8 Å². The lowest BCUT2D eigenvalue weighted by Crippen LogP contribution is -2.32. The summed E-state index contributed by atoms with van der Waals surface area (Å²) in [6.45, 7) is 1.75. The predicted octanol–water partition coefficient (Wildman–Crippen LogP) is 4.23. The molecule has 0 aliphatic carbocycles. The van der Waals surface area contributed by atoms with E-state index in [1.165, 1.54) is 31.5 Å². The third-order valence-electron chi connectivity index (χ3n) is 4.73. The Bertz CT molecular complexity index is 1290. The first-order valence-electron chi connectivity index (χ1n) is 10.2. The summed E-state index contributed by atoms with van der Waals surface area (Å²) in [5.41, 5.74) is 4.32. The molecule has 3 rings (SSSR count). The zero-order valence-electron chi connectivity index (χ0n) is 18.8. The van der Waals surface area contributed by atoms with E-state index in [2.05, 4.69) is 15.8 Å². The normalized spacial score (nSPS) is 10.6. The minimum Gasteiger partial charge on any atom is -0.496 e. The van der Waals surface area contributed by atoms with Gasteiger partial charge in [-0.05, 0) is 61.0 Å². The molecule has 0 aromatic heterocycles. The lowest BCUT2D eigenvalue weighted by Gasteiger charge is -2.11. The number of anilines is 1. The van der Waals surface area contributed by atoms with Crippen molar-refractivity contribution in [3.63, 3.8) is 0 Å². The Morgan fingerprint density at radius 3 is 2.60 bits per heavy atom. The van der Waals surface area contributed by atoms with Crippen LogP contribution in [0, 0.1) is 17.0 Å². The van der Waals surface area contributed by atoms with Gasteiger partial charge in [0.15, 0.2) is 0 Å². The average molecular weight is 497 g/mol. The lowest BCUT2D eigenvalue weighted by molar-refractivity contribution is -0.385. The highest BCUT2D eigenvalue weighted by Gasteiger charge is 2.14. The smallest absolute Gasteiger partial charge is 0.329 e. The fraction of sp³-hybridized carbons (Fsp3) is 0.125. The van der Waals surface area contributed by atoms with Gasteiger partial charge in [-0.25, -0.2) is 5.43 Å². The Morgan fingerprint density at radius 2 is 1.91 bits per heavy atom. The molecule has 0 heterocycles. The number of hydrazone groups is 1. The van der Waals surface area contributed by atoms with Crippen molar-refractivity contribution in [2.75, 3.05) is 12.4 Å². The zero-order valence-corrected chi connectivity index (χ0v) is 19.5. The number of benzene rings is 3. The van der Waals surface area contributed by atoms with E-state index in [0.29, 0.717) is 38.9 Å². The van der Waals surface area contributed by atoms with Crippen LogP contribution < -0.4 is 20.2 Å². The van der Waals surface area contributed by atoms with Crippen LogP contribution in [0.2, 0.25) is 5.02 Å². The van der Waals surface area contributed by atoms with Gasteiger partial charge in [-0.1, -0.05) is 17.7 Å². The van der Waals surface area contributed by atoms with Crippen LogP contribution in [0.15, 0.2) is 65.8 Å². The van der Waals surface area contributed by atoms with E-state index in [1.807, 2.05) is 0 Å². The number of carbonyl (C=O) groups is 2. The Hall–Kier alpha value is -4.44. The monoisotopic (exact) mass is 496 g/mol. The van der Waals surface area contributed by atoms with Crippen LogP contribution in [0.4, 0.5) is 11.4 Å². The molecule has 35 heavy (non-hydrogen) atoms. The largest absolute Gasteiger partial charge is 0.496 e. The fourth-order valence-electron chi connectivity index (χ4n) is 3.05. The molecular formula is C24H21ClN4O6. The summed E-state index contributed by atoms with van der Waals surface area (Å²) >= 11 is 5.86. The van der Waals surface area contributed by atoms with Gasteiger partial charge in [-0.3, -0.25) is 19.7 Å². The van der Waals surface area contributed by atoms with Crippen LogP contribution in [0.5, 0.6) is 11.5 Å². The van der Waals surface area contributed by atoms with Gasteiger partial charge in [-0.2, -0.15) is 5.10 Å². The molecule has 0 unspecified atom stereocenters. The fourth-order valence-corrected chi connectivity index (χ4v) is 3.24. The zero-order chi connectivity index (χ0) is 25.4. The van der Waals surface area contributed by atoms with Gasteiger partial charge < -0.3 is 14.8 Å². The second kappa shape index (κ2) is 11.6. The van der Waals surface area contributed by atoms with Crippen LogP contribution in [0.3, 0.4) is 0 Å². The first kappa shape index (κ1) is 25.2. The van der Waals surface area contributed by atoms with Crippen molar-refractivity contribution in [1.82, 2.24) is 5.43 Å². The number of nitro groups is 1. The first-order valence-corrected chi connectivity index (χ1v) is 10.6. The maximum Gasteiger partial charge on any atom is 0.329 e. The molecule has 0 aliphatic rings. The molecule has 0 spiro atoms. The topological polar surface area (TPSA) is 132 Å². The SMILES string of the molecule is COc1ccc(C=NNC(=O)C(=O)Nc2cccc(Cl)c2)cc1COc1ccc([N+](=O)[O-])c(C)c1. The summed E-state index contributed by atoms with van der Waals surface area (Å²) in [5, 5.41) is 17.6. The summed E-state index contributed by atoms with van der Waals surface area (Å²) in [7, 11) is 1.52. The van der Waals surface area contributed by atoms with Gasteiger partial charge in [-0.15, -0.1) is 0 Å². The van der Waals surface area contributed by atoms with Crippen LogP contribution in [-0.2, 0) is 16.2 Å². The summed E-state index contributed by atoms with van der Waals surface area (Å²) in [4.78, 5) is 34.5. The number of nitrogens with zero attached hydrogens (tertiary/aromatic N) is 2. The van der Waals surface area contributed by atoms with E-state index in [1.54, 1.807) is 49.4 Å². The standard InChI is InChI=1S/C24H21ClN4O6/c1-15-10-20(7-8-21(15)29(32)33)35-14-17-11-16(6-9-22(17)34-2)13-26-28-24(31)23(30)27-19-5-3-4-18(25)12-19/h3-13H,14H2,1-2H3,(H,27,30)(H,28,31). The van der Waals surface area contributed by atoms with Gasteiger partial charge in [0.05, 0.1) is 18.2 Å². The number of halogens is 1. The number of carbonyl (C=O) groups excluding carboxylic acids is 2. The summed E-state index contributed by atoms with van der Waals surface area (Å²) < 4.78 is 11.1. The summed E-state index contributed by atoms with van der Waals surface area (Å²) in [5.74, 6) is -0.823. The minimum absolute atomic E-state index is 0.0106. The molecule has 0 fully saturated rings. The van der Waals surface area contributed by atoms with Gasteiger partial charge in [0.25, 0.3) is 5.69 Å². The molecule has 0 radical (unpaired) electrons. The Kier molecular flexibility index (Phi) is 8.36. The number of aryl methyl sites for hydroxylation is 1. The van der Waals surface area contributed by atoms with Crippen molar-refractivity contribution in [3.05, 3.63) is 92.5 Å². The molecule has 180 valence electrons. The number of methoxy groups -OCH3 is 1. The number of hydrogen-bond donors (Lipinski definition) is 2. The Morgan fingerprint density at radius 1 is 1.11 bits per heavy atom. The lowest BCUT2D eigenvalue weighted by atomic mass is 10.1.